The minimum atomic E-state index is -0.358. The van der Waals surface area contributed by atoms with Gasteiger partial charge in [-0.1, -0.05) is 36.4 Å². The predicted octanol–water partition coefficient (Wildman–Crippen LogP) is 3.88. The molecule has 5 rings (SSSR count). The molecule has 126 valence electrons. The number of hydrazone groups is 1. The lowest BCUT2D eigenvalue weighted by atomic mass is 9.92. The SMILES string of the molecule is Cc1ccccc1/C=N\N1C(=O)c2ccc3c4c(ccc(c24)C1=O)CC3. The zero-order valence-electron chi connectivity index (χ0n) is 14.3. The quantitative estimate of drug-likeness (QED) is 0.525. The first-order valence-electron chi connectivity index (χ1n) is 8.71. The van der Waals surface area contributed by atoms with Crippen LogP contribution in [0.15, 0.2) is 53.6 Å². The van der Waals surface area contributed by atoms with Crippen LogP contribution in [0.5, 0.6) is 0 Å². The van der Waals surface area contributed by atoms with Crippen LogP contribution in [0.1, 0.15) is 43.0 Å². The number of rotatable bonds is 2. The van der Waals surface area contributed by atoms with Gasteiger partial charge in [0, 0.05) is 5.39 Å². The average molecular weight is 340 g/mol. The molecule has 0 aromatic heterocycles. The van der Waals surface area contributed by atoms with E-state index in [9.17, 15) is 9.59 Å². The van der Waals surface area contributed by atoms with Crippen LogP contribution >= 0.6 is 0 Å². The summed E-state index contributed by atoms with van der Waals surface area (Å²) < 4.78 is 0. The van der Waals surface area contributed by atoms with E-state index in [1.807, 2.05) is 55.5 Å². The summed E-state index contributed by atoms with van der Waals surface area (Å²) in [4.78, 5) is 25.9. The third-order valence-corrected chi connectivity index (χ3v) is 5.34. The van der Waals surface area contributed by atoms with Crippen LogP contribution in [0.2, 0.25) is 0 Å². The second kappa shape index (κ2) is 5.36. The summed E-state index contributed by atoms with van der Waals surface area (Å²) in [5.74, 6) is -0.717. The summed E-state index contributed by atoms with van der Waals surface area (Å²) >= 11 is 0. The van der Waals surface area contributed by atoms with Crippen molar-refractivity contribution in [1.82, 2.24) is 5.01 Å². The molecule has 1 aliphatic heterocycles. The number of benzene rings is 3. The smallest absolute Gasteiger partial charge is 0.267 e. The van der Waals surface area contributed by atoms with Gasteiger partial charge in [-0.15, -0.1) is 0 Å². The number of nitrogens with zero attached hydrogens (tertiary/aromatic N) is 2. The van der Waals surface area contributed by atoms with Crippen LogP contribution in [0.25, 0.3) is 10.8 Å². The van der Waals surface area contributed by atoms with Gasteiger partial charge in [-0.2, -0.15) is 10.1 Å². The lowest BCUT2D eigenvalue weighted by molar-refractivity contribution is 0.0616. The van der Waals surface area contributed by atoms with Crippen LogP contribution in [0.4, 0.5) is 0 Å². The molecule has 2 amide bonds. The van der Waals surface area contributed by atoms with Crippen molar-refractivity contribution in [2.24, 2.45) is 5.10 Å². The molecular weight excluding hydrogens is 324 g/mol. The number of hydrogen-bond donors (Lipinski definition) is 0. The van der Waals surface area contributed by atoms with E-state index >= 15 is 0 Å². The van der Waals surface area contributed by atoms with E-state index in [0.717, 1.165) is 39.7 Å². The standard InChI is InChI=1S/C22H16N2O2/c1-13-4-2-3-5-16(13)12-23-24-21(25)17-10-8-14-6-7-15-9-11-18(22(24)26)20(17)19(14)15/h2-5,8-12H,6-7H2,1H3/b23-12-. The third kappa shape index (κ3) is 1.99. The molecule has 0 bridgehead atoms. The average Bonchev–Trinajstić information content (AvgIpc) is 3.08. The van der Waals surface area contributed by atoms with Gasteiger partial charge < -0.3 is 0 Å². The lowest BCUT2D eigenvalue weighted by Crippen LogP contribution is -2.36. The number of aryl methyl sites for hydroxylation is 3. The zero-order valence-corrected chi connectivity index (χ0v) is 14.3. The number of carbonyl (C=O) groups is 2. The normalized spacial score (nSPS) is 15.5. The molecule has 3 aromatic carbocycles. The van der Waals surface area contributed by atoms with E-state index in [1.165, 1.54) is 11.1 Å². The van der Waals surface area contributed by atoms with E-state index in [-0.39, 0.29) is 11.8 Å². The molecule has 0 fully saturated rings. The van der Waals surface area contributed by atoms with Crippen molar-refractivity contribution in [3.63, 3.8) is 0 Å². The molecule has 0 spiro atoms. The molecular formula is C22H16N2O2. The van der Waals surface area contributed by atoms with Gasteiger partial charge in [0.05, 0.1) is 17.3 Å². The summed E-state index contributed by atoms with van der Waals surface area (Å²) in [5.41, 5.74) is 5.48. The van der Waals surface area contributed by atoms with Crippen LogP contribution in [-0.4, -0.2) is 23.0 Å². The highest BCUT2D eigenvalue weighted by Gasteiger charge is 2.34. The highest BCUT2D eigenvalue weighted by atomic mass is 16.2. The van der Waals surface area contributed by atoms with E-state index in [1.54, 1.807) is 6.21 Å². The van der Waals surface area contributed by atoms with Crippen LogP contribution in [0.3, 0.4) is 0 Å². The second-order valence-electron chi connectivity index (χ2n) is 6.82. The molecule has 4 nitrogen and oxygen atoms in total. The third-order valence-electron chi connectivity index (χ3n) is 5.34. The van der Waals surface area contributed by atoms with E-state index in [0.29, 0.717) is 11.1 Å². The molecule has 0 N–H and O–H groups in total. The summed E-state index contributed by atoms with van der Waals surface area (Å²) in [6, 6.07) is 15.4. The molecule has 0 saturated heterocycles. The lowest BCUT2D eigenvalue weighted by Gasteiger charge is -2.23. The monoisotopic (exact) mass is 340 g/mol. The molecule has 0 saturated carbocycles. The van der Waals surface area contributed by atoms with Crippen molar-refractivity contribution < 1.29 is 9.59 Å². The largest absolute Gasteiger partial charge is 0.282 e. The van der Waals surface area contributed by atoms with Gasteiger partial charge in [0.25, 0.3) is 11.8 Å². The maximum atomic E-state index is 13.0. The van der Waals surface area contributed by atoms with Crippen molar-refractivity contribution >= 4 is 28.8 Å². The van der Waals surface area contributed by atoms with Gasteiger partial charge in [-0.3, -0.25) is 9.59 Å². The molecule has 26 heavy (non-hydrogen) atoms. The Morgan fingerprint density at radius 2 is 1.46 bits per heavy atom. The summed E-state index contributed by atoms with van der Waals surface area (Å²) in [6.07, 6.45) is 3.51. The van der Waals surface area contributed by atoms with E-state index in [4.69, 9.17) is 0 Å². The Labute approximate surface area is 150 Å². The van der Waals surface area contributed by atoms with Gasteiger partial charge in [-0.25, -0.2) is 0 Å². The Bertz CT molecular complexity index is 1090. The molecule has 3 aromatic rings. The molecule has 0 radical (unpaired) electrons. The van der Waals surface area contributed by atoms with Crippen LogP contribution in [-0.2, 0) is 12.8 Å². The number of hydrogen-bond acceptors (Lipinski definition) is 3. The molecule has 4 heteroatoms. The Morgan fingerprint density at radius 1 is 0.846 bits per heavy atom. The maximum Gasteiger partial charge on any atom is 0.282 e. The topological polar surface area (TPSA) is 49.7 Å². The first-order chi connectivity index (χ1) is 12.6. The number of amides is 2. The minimum Gasteiger partial charge on any atom is -0.267 e. The Kier molecular flexibility index (Phi) is 3.10. The fraction of sp³-hybridized carbons (Fsp3) is 0.136. The molecule has 0 unspecified atom stereocenters. The van der Waals surface area contributed by atoms with Gasteiger partial charge in [0.1, 0.15) is 0 Å². The minimum absolute atomic E-state index is 0.358. The maximum absolute atomic E-state index is 13.0. The summed E-state index contributed by atoms with van der Waals surface area (Å²) in [7, 11) is 0. The van der Waals surface area contributed by atoms with Crippen molar-refractivity contribution in [3.05, 3.63) is 81.9 Å². The first-order valence-corrected chi connectivity index (χ1v) is 8.71. The van der Waals surface area contributed by atoms with Crippen molar-refractivity contribution in [2.45, 2.75) is 19.8 Å². The molecule has 1 aliphatic carbocycles. The predicted molar refractivity (Wildman–Crippen MR) is 101 cm³/mol. The number of carbonyl (C=O) groups excluding carboxylic acids is 2. The Hall–Kier alpha value is -3.27. The fourth-order valence-electron chi connectivity index (χ4n) is 3.96. The Balaban J connectivity index is 1.65. The molecule has 0 atom stereocenters. The summed E-state index contributed by atoms with van der Waals surface area (Å²) in [5, 5.41) is 7.11. The Morgan fingerprint density at radius 3 is 2.08 bits per heavy atom. The van der Waals surface area contributed by atoms with E-state index in [2.05, 4.69) is 5.10 Å². The fourth-order valence-corrected chi connectivity index (χ4v) is 3.96. The van der Waals surface area contributed by atoms with Crippen LogP contribution in [0, 0.1) is 6.92 Å². The van der Waals surface area contributed by atoms with Crippen molar-refractivity contribution in [3.8, 4) is 0 Å². The first kappa shape index (κ1) is 15.0. The van der Waals surface area contributed by atoms with Crippen LogP contribution < -0.4 is 0 Å². The van der Waals surface area contributed by atoms with E-state index < -0.39 is 0 Å². The van der Waals surface area contributed by atoms with Gasteiger partial charge in [0.15, 0.2) is 0 Å². The van der Waals surface area contributed by atoms with Gasteiger partial charge >= 0.3 is 0 Å². The molecule has 1 heterocycles. The number of imide groups is 1. The zero-order chi connectivity index (χ0) is 17.8. The van der Waals surface area contributed by atoms with Gasteiger partial charge in [0.2, 0.25) is 0 Å². The summed E-state index contributed by atoms with van der Waals surface area (Å²) in [6.45, 7) is 1.97. The second-order valence-corrected chi connectivity index (χ2v) is 6.82. The highest BCUT2D eigenvalue weighted by molar-refractivity contribution is 6.26. The van der Waals surface area contributed by atoms with Crippen molar-refractivity contribution in [2.75, 3.05) is 0 Å². The molecule has 2 aliphatic rings. The highest BCUT2D eigenvalue weighted by Crippen LogP contribution is 2.38. The van der Waals surface area contributed by atoms with Crippen molar-refractivity contribution in [1.29, 1.82) is 0 Å². The van der Waals surface area contributed by atoms with Gasteiger partial charge in [-0.05, 0) is 59.5 Å².